The monoisotopic (exact) mass is 367 g/mol. The molecule has 0 radical (unpaired) electrons. The fraction of sp³-hybridized carbons (Fsp3) is 0.381. The van der Waals surface area contributed by atoms with E-state index in [9.17, 15) is 9.59 Å². The standard InChI is InChI=1S/C21H25N3O3/c1-13-12-17-8-6-7-9-19(17)24(13)21(26)16(4)27-20(25)11-10-18-14(2)22-23(5)15(18)3/h6-11,13,16H,12H2,1-5H3/b11-10+/t13-,16+/m0/s1. The third kappa shape index (κ3) is 3.65. The number of aryl methyl sites for hydroxylation is 2. The molecule has 6 heteroatoms. The van der Waals surface area contributed by atoms with Crippen molar-refractivity contribution in [3.05, 3.63) is 52.9 Å². The van der Waals surface area contributed by atoms with Gasteiger partial charge in [-0.15, -0.1) is 0 Å². The Bertz CT molecular complexity index is 913. The highest BCUT2D eigenvalue weighted by Gasteiger charge is 2.34. The molecule has 0 saturated carbocycles. The Morgan fingerprint density at radius 3 is 2.67 bits per heavy atom. The first-order valence-corrected chi connectivity index (χ1v) is 9.09. The predicted octanol–water partition coefficient (Wildman–Crippen LogP) is 2.96. The van der Waals surface area contributed by atoms with E-state index in [1.165, 1.54) is 6.08 Å². The third-order valence-electron chi connectivity index (χ3n) is 5.04. The van der Waals surface area contributed by atoms with Crippen LogP contribution in [0.3, 0.4) is 0 Å². The second-order valence-corrected chi connectivity index (χ2v) is 7.01. The van der Waals surface area contributed by atoms with Crippen LogP contribution in [-0.2, 0) is 27.8 Å². The average Bonchev–Trinajstić information content (AvgIpc) is 3.07. The van der Waals surface area contributed by atoms with Crippen molar-refractivity contribution in [1.29, 1.82) is 0 Å². The number of benzene rings is 1. The third-order valence-corrected chi connectivity index (χ3v) is 5.04. The normalized spacial score (nSPS) is 17.2. The average molecular weight is 367 g/mol. The van der Waals surface area contributed by atoms with Crippen LogP contribution in [0.5, 0.6) is 0 Å². The Hall–Kier alpha value is -2.89. The predicted molar refractivity (Wildman–Crippen MR) is 104 cm³/mol. The van der Waals surface area contributed by atoms with E-state index in [1.54, 1.807) is 22.6 Å². The van der Waals surface area contributed by atoms with Gasteiger partial charge in [-0.25, -0.2) is 4.79 Å². The molecule has 0 aliphatic carbocycles. The second kappa shape index (κ2) is 7.39. The fourth-order valence-electron chi connectivity index (χ4n) is 3.54. The molecule has 2 aromatic rings. The van der Waals surface area contributed by atoms with Gasteiger partial charge in [-0.05, 0) is 51.8 Å². The molecule has 1 aromatic carbocycles. The molecule has 1 amide bonds. The molecular weight excluding hydrogens is 342 g/mol. The first-order valence-electron chi connectivity index (χ1n) is 9.09. The summed E-state index contributed by atoms with van der Waals surface area (Å²) in [5, 5.41) is 4.31. The summed E-state index contributed by atoms with van der Waals surface area (Å²) in [7, 11) is 1.85. The van der Waals surface area contributed by atoms with Crippen LogP contribution in [0.4, 0.5) is 5.69 Å². The maximum Gasteiger partial charge on any atom is 0.331 e. The summed E-state index contributed by atoms with van der Waals surface area (Å²) in [6, 6.07) is 7.88. The number of rotatable bonds is 4. The van der Waals surface area contributed by atoms with Gasteiger partial charge in [0.25, 0.3) is 5.91 Å². The summed E-state index contributed by atoms with van der Waals surface area (Å²) < 4.78 is 7.11. The lowest BCUT2D eigenvalue weighted by molar-refractivity contribution is -0.149. The Kier molecular flexibility index (Phi) is 5.17. The Labute approximate surface area is 159 Å². The first-order chi connectivity index (χ1) is 12.8. The van der Waals surface area contributed by atoms with Crippen molar-refractivity contribution in [3.63, 3.8) is 0 Å². The molecular formula is C21H25N3O3. The van der Waals surface area contributed by atoms with Gasteiger partial charge >= 0.3 is 5.97 Å². The number of carbonyl (C=O) groups is 2. The van der Waals surface area contributed by atoms with Gasteiger partial charge < -0.3 is 9.64 Å². The zero-order chi connectivity index (χ0) is 19.7. The van der Waals surface area contributed by atoms with Gasteiger partial charge in [0, 0.05) is 36.1 Å². The van der Waals surface area contributed by atoms with Crippen molar-refractivity contribution >= 4 is 23.6 Å². The van der Waals surface area contributed by atoms with E-state index < -0.39 is 12.1 Å². The topological polar surface area (TPSA) is 64.4 Å². The number of para-hydroxylation sites is 1. The van der Waals surface area contributed by atoms with Gasteiger partial charge in [-0.3, -0.25) is 9.48 Å². The van der Waals surface area contributed by atoms with Crippen molar-refractivity contribution in [2.75, 3.05) is 4.90 Å². The minimum absolute atomic E-state index is 0.0484. The molecule has 1 aliphatic heterocycles. The van der Waals surface area contributed by atoms with E-state index in [2.05, 4.69) is 5.10 Å². The second-order valence-electron chi connectivity index (χ2n) is 7.01. The lowest BCUT2D eigenvalue weighted by atomic mass is 10.1. The van der Waals surface area contributed by atoms with Crippen molar-refractivity contribution < 1.29 is 14.3 Å². The number of anilines is 1. The number of esters is 1. The van der Waals surface area contributed by atoms with Crippen LogP contribution in [0.1, 0.15) is 36.4 Å². The number of aromatic nitrogens is 2. The number of amides is 1. The summed E-state index contributed by atoms with van der Waals surface area (Å²) in [6.45, 7) is 7.43. The molecule has 0 N–H and O–H groups in total. The molecule has 0 bridgehead atoms. The zero-order valence-electron chi connectivity index (χ0n) is 16.4. The van der Waals surface area contributed by atoms with Crippen LogP contribution < -0.4 is 4.90 Å². The Balaban J connectivity index is 1.68. The summed E-state index contributed by atoms with van der Waals surface area (Å²) in [5.74, 6) is -0.749. The van der Waals surface area contributed by atoms with Crippen LogP contribution >= 0.6 is 0 Å². The van der Waals surface area contributed by atoms with Gasteiger partial charge in [-0.1, -0.05) is 18.2 Å². The fourth-order valence-corrected chi connectivity index (χ4v) is 3.54. The van der Waals surface area contributed by atoms with Gasteiger partial charge in [0.1, 0.15) is 0 Å². The molecule has 27 heavy (non-hydrogen) atoms. The highest BCUT2D eigenvalue weighted by molar-refractivity contribution is 6.00. The van der Waals surface area contributed by atoms with E-state index in [-0.39, 0.29) is 11.9 Å². The zero-order valence-corrected chi connectivity index (χ0v) is 16.4. The van der Waals surface area contributed by atoms with Gasteiger partial charge in [0.2, 0.25) is 0 Å². The maximum absolute atomic E-state index is 12.9. The number of hydrogen-bond donors (Lipinski definition) is 0. The molecule has 0 unspecified atom stereocenters. The van der Waals surface area contributed by atoms with Gasteiger partial charge in [0.05, 0.1) is 5.69 Å². The van der Waals surface area contributed by atoms with Crippen LogP contribution in [0.15, 0.2) is 30.3 Å². The molecule has 0 spiro atoms. The van der Waals surface area contributed by atoms with Crippen molar-refractivity contribution in [2.24, 2.45) is 7.05 Å². The molecule has 1 aliphatic rings. The number of fused-ring (bicyclic) bond motifs is 1. The van der Waals surface area contributed by atoms with E-state index >= 15 is 0 Å². The molecule has 142 valence electrons. The summed E-state index contributed by atoms with van der Waals surface area (Å²) in [5.41, 5.74) is 4.72. The molecule has 3 rings (SSSR count). The minimum atomic E-state index is -0.855. The van der Waals surface area contributed by atoms with Gasteiger partial charge in [0.15, 0.2) is 6.10 Å². The molecule has 0 fully saturated rings. The molecule has 2 heterocycles. The SMILES string of the molecule is Cc1nn(C)c(C)c1/C=C/C(=O)O[C@H](C)C(=O)N1c2ccccc2C[C@@H]1C. The van der Waals surface area contributed by atoms with E-state index in [0.29, 0.717) is 0 Å². The molecule has 0 saturated heterocycles. The Morgan fingerprint density at radius 2 is 2.00 bits per heavy atom. The minimum Gasteiger partial charge on any atom is -0.449 e. The lowest BCUT2D eigenvalue weighted by Gasteiger charge is -2.25. The van der Waals surface area contributed by atoms with Crippen molar-refractivity contribution in [1.82, 2.24) is 9.78 Å². The van der Waals surface area contributed by atoms with Crippen LogP contribution in [0.25, 0.3) is 6.08 Å². The van der Waals surface area contributed by atoms with Gasteiger partial charge in [-0.2, -0.15) is 5.10 Å². The molecule has 2 atom stereocenters. The van der Waals surface area contributed by atoms with Crippen molar-refractivity contribution in [3.8, 4) is 0 Å². The number of nitrogens with zero attached hydrogens (tertiary/aromatic N) is 3. The quantitative estimate of drug-likeness (QED) is 0.616. The van der Waals surface area contributed by atoms with E-state index in [1.807, 2.05) is 52.1 Å². The highest BCUT2D eigenvalue weighted by atomic mass is 16.5. The number of ether oxygens (including phenoxy) is 1. The smallest absolute Gasteiger partial charge is 0.331 e. The highest BCUT2D eigenvalue weighted by Crippen LogP contribution is 2.32. The van der Waals surface area contributed by atoms with E-state index in [0.717, 1.165) is 34.6 Å². The summed E-state index contributed by atoms with van der Waals surface area (Å²) in [6.07, 6.45) is 2.99. The molecule has 1 aromatic heterocycles. The first kappa shape index (κ1) is 18.9. The molecule has 6 nitrogen and oxygen atoms in total. The largest absolute Gasteiger partial charge is 0.449 e. The van der Waals surface area contributed by atoms with Crippen LogP contribution in [0, 0.1) is 13.8 Å². The van der Waals surface area contributed by atoms with E-state index in [4.69, 9.17) is 4.74 Å². The van der Waals surface area contributed by atoms with Crippen molar-refractivity contribution in [2.45, 2.75) is 46.3 Å². The number of hydrogen-bond acceptors (Lipinski definition) is 4. The van der Waals surface area contributed by atoms with Crippen LogP contribution in [-0.4, -0.2) is 33.8 Å². The summed E-state index contributed by atoms with van der Waals surface area (Å²) in [4.78, 5) is 26.8. The Morgan fingerprint density at radius 1 is 1.30 bits per heavy atom. The maximum atomic E-state index is 12.9. The van der Waals surface area contributed by atoms with Crippen LogP contribution in [0.2, 0.25) is 0 Å². The number of carbonyl (C=O) groups excluding carboxylic acids is 2. The summed E-state index contributed by atoms with van der Waals surface area (Å²) >= 11 is 0. The lowest BCUT2D eigenvalue weighted by Crippen LogP contribution is -2.43.